The molecular weight excluding hydrogens is 394 g/mol. The molecule has 0 saturated carbocycles. The molecule has 29 heavy (non-hydrogen) atoms. The zero-order chi connectivity index (χ0) is 20.2. The summed E-state index contributed by atoms with van der Waals surface area (Å²) in [4.78, 5) is 15.2. The van der Waals surface area contributed by atoms with Gasteiger partial charge < -0.3 is 29.3 Å². The molecule has 1 amide bonds. The van der Waals surface area contributed by atoms with Gasteiger partial charge in [0.25, 0.3) is 5.91 Å². The number of hydrogen-bond acceptors (Lipinski definition) is 4. The highest BCUT2D eigenvalue weighted by molar-refractivity contribution is 6.32. The summed E-state index contributed by atoms with van der Waals surface area (Å²) >= 11 is 6.12. The van der Waals surface area contributed by atoms with Crippen molar-refractivity contribution in [2.45, 2.75) is 6.54 Å². The predicted molar refractivity (Wildman–Crippen MR) is 109 cm³/mol. The highest BCUT2D eigenvalue weighted by atomic mass is 35.5. The molecule has 0 unspecified atom stereocenters. The zero-order valence-electron chi connectivity index (χ0n) is 16.4. The molecule has 3 N–H and O–H groups in total. The van der Waals surface area contributed by atoms with Crippen LogP contribution in [-0.4, -0.2) is 52.5 Å². The van der Waals surface area contributed by atoms with E-state index in [-0.39, 0.29) is 5.91 Å². The lowest BCUT2D eigenvalue weighted by Gasteiger charge is -2.29. The maximum absolute atomic E-state index is 12.4. The van der Waals surface area contributed by atoms with E-state index in [1.807, 2.05) is 6.07 Å². The van der Waals surface area contributed by atoms with Gasteiger partial charge in [0.05, 0.1) is 12.1 Å². The van der Waals surface area contributed by atoms with Crippen LogP contribution < -0.4 is 29.3 Å². The van der Waals surface area contributed by atoms with Crippen LogP contribution in [0.2, 0.25) is 5.02 Å². The van der Waals surface area contributed by atoms with Gasteiger partial charge in [-0.15, -0.1) is 0 Å². The summed E-state index contributed by atoms with van der Waals surface area (Å²) in [5.74, 6) is 2.25. The molecule has 0 aromatic heterocycles. The number of piperazine rings is 1. The van der Waals surface area contributed by atoms with Crippen molar-refractivity contribution >= 4 is 23.2 Å². The Hall–Kier alpha value is -2.48. The van der Waals surface area contributed by atoms with Crippen LogP contribution >= 0.6 is 11.6 Å². The molecule has 4 rings (SSSR count). The maximum Gasteiger partial charge on any atom is 0.279 e. The highest BCUT2D eigenvalue weighted by Crippen LogP contribution is 2.32. The second-order valence-electron chi connectivity index (χ2n) is 7.44. The Morgan fingerprint density at radius 3 is 2.59 bits per heavy atom. The van der Waals surface area contributed by atoms with Crippen LogP contribution in [0.25, 0.3) is 0 Å². The molecule has 2 heterocycles. The van der Waals surface area contributed by atoms with Crippen molar-refractivity contribution in [2.24, 2.45) is 0 Å². The number of nitrogens with one attached hydrogen (secondary N) is 3. The first-order valence-electron chi connectivity index (χ1n) is 9.80. The molecule has 0 radical (unpaired) electrons. The largest absolute Gasteiger partial charge is 0.495 e. The summed E-state index contributed by atoms with van der Waals surface area (Å²) in [7, 11) is 1.57. The van der Waals surface area contributed by atoms with E-state index >= 15 is 0 Å². The van der Waals surface area contributed by atoms with Gasteiger partial charge in [0.15, 0.2) is 18.0 Å². The van der Waals surface area contributed by atoms with Crippen LogP contribution in [0.3, 0.4) is 0 Å². The molecule has 7 nitrogen and oxygen atoms in total. The van der Waals surface area contributed by atoms with Crippen molar-refractivity contribution in [2.75, 3.05) is 51.9 Å². The monoisotopic (exact) mass is 419 g/mol. The van der Waals surface area contributed by atoms with Gasteiger partial charge in [-0.3, -0.25) is 4.79 Å². The molecule has 2 aromatic rings. The number of halogens is 1. The van der Waals surface area contributed by atoms with Gasteiger partial charge in [-0.05, 0) is 36.4 Å². The Kier molecular flexibility index (Phi) is 6.08. The van der Waals surface area contributed by atoms with Crippen molar-refractivity contribution in [3.8, 4) is 17.2 Å². The van der Waals surface area contributed by atoms with E-state index in [0.29, 0.717) is 29.8 Å². The Morgan fingerprint density at radius 1 is 1.07 bits per heavy atom. The van der Waals surface area contributed by atoms with Crippen molar-refractivity contribution in [1.82, 2.24) is 0 Å². The minimum atomic E-state index is 0.000421. The molecule has 0 bridgehead atoms. The summed E-state index contributed by atoms with van der Waals surface area (Å²) in [6, 6.07) is 11.4. The Balaban J connectivity index is 1.23. The standard InChI is InChI=1S/C21H24ClN3O4/c1-27-18-5-3-16(11-17(18)22)23-21(26)13-25-8-6-24(7-9-25)12-15-2-4-19-20(10-15)29-14-28-19/h2-5,10-11H,6-9,12-14H2,1H3,(H,23,26)/p+2. The quantitative estimate of drug-likeness (QED) is 0.616. The fourth-order valence-electron chi connectivity index (χ4n) is 3.83. The number of amides is 1. The topological polar surface area (TPSA) is 65.7 Å². The molecule has 1 fully saturated rings. The smallest absolute Gasteiger partial charge is 0.279 e. The van der Waals surface area contributed by atoms with Crippen LogP contribution in [-0.2, 0) is 11.3 Å². The second kappa shape index (κ2) is 8.90. The van der Waals surface area contributed by atoms with Gasteiger partial charge in [0.2, 0.25) is 6.79 Å². The van der Waals surface area contributed by atoms with E-state index < -0.39 is 0 Å². The first kappa shape index (κ1) is 19.8. The van der Waals surface area contributed by atoms with E-state index in [4.69, 9.17) is 25.8 Å². The van der Waals surface area contributed by atoms with Crippen molar-refractivity contribution in [3.63, 3.8) is 0 Å². The minimum Gasteiger partial charge on any atom is -0.495 e. The molecule has 0 aliphatic carbocycles. The lowest BCUT2D eigenvalue weighted by atomic mass is 10.1. The predicted octanol–water partition coefficient (Wildman–Crippen LogP) is -0.000600. The number of methoxy groups -OCH3 is 1. The summed E-state index contributed by atoms with van der Waals surface area (Å²) in [5, 5.41) is 3.41. The molecule has 1 saturated heterocycles. The summed E-state index contributed by atoms with van der Waals surface area (Å²) < 4.78 is 16.0. The first-order valence-corrected chi connectivity index (χ1v) is 10.2. The molecular formula is C21H26ClN3O4+2. The molecule has 0 spiro atoms. The van der Waals surface area contributed by atoms with E-state index in [0.717, 1.165) is 44.2 Å². The van der Waals surface area contributed by atoms with Gasteiger partial charge in [-0.25, -0.2) is 0 Å². The summed E-state index contributed by atoms with van der Waals surface area (Å²) in [6.45, 7) is 5.73. The van der Waals surface area contributed by atoms with Crippen molar-refractivity contribution in [3.05, 3.63) is 47.0 Å². The van der Waals surface area contributed by atoms with Gasteiger partial charge in [-0.2, -0.15) is 0 Å². The number of ether oxygens (including phenoxy) is 3. The summed E-state index contributed by atoms with van der Waals surface area (Å²) in [5.41, 5.74) is 1.94. The number of hydrogen-bond donors (Lipinski definition) is 3. The minimum absolute atomic E-state index is 0.000421. The average molecular weight is 420 g/mol. The van der Waals surface area contributed by atoms with Crippen LogP contribution in [0.15, 0.2) is 36.4 Å². The third kappa shape index (κ3) is 4.93. The Bertz CT molecular complexity index is 884. The van der Waals surface area contributed by atoms with Gasteiger partial charge in [0.1, 0.15) is 38.5 Å². The van der Waals surface area contributed by atoms with E-state index in [2.05, 4.69) is 17.4 Å². The highest BCUT2D eigenvalue weighted by Gasteiger charge is 2.25. The molecule has 2 aromatic carbocycles. The van der Waals surface area contributed by atoms with Crippen LogP contribution in [0.5, 0.6) is 17.2 Å². The van der Waals surface area contributed by atoms with Gasteiger partial charge in [-0.1, -0.05) is 11.6 Å². The number of carbonyl (C=O) groups excluding carboxylic acids is 1. The number of benzene rings is 2. The van der Waals surface area contributed by atoms with E-state index in [1.165, 1.54) is 15.4 Å². The first-order chi connectivity index (χ1) is 14.1. The Labute approximate surface area is 175 Å². The number of rotatable bonds is 6. The fourth-order valence-corrected chi connectivity index (χ4v) is 4.08. The molecule has 154 valence electrons. The number of carbonyl (C=O) groups is 1. The Morgan fingerprint density at radius 2 is 1.83 bits per heavy atom. The second-order valence-corrected chi connectivity index (χ2v) is 7.85. The SMILES string of the molecule is COc1ccc(NC(=O)C[NH+]2CC[NH+](Cc3ccc4c(c3)OCO4)CC2)cc1Cl. The normalized spacial score (nSPS) is 20.3. The molecule has 2 aliphatic rings. The lowest BCUT2D eigenvalue weighted by Crippen LogP contribution is -3.28. The molecule has 2 aliphatic heterocycles. The van der Waals surface area contributed by atoms with E-state index in [9.17, 15) is 4.79 Å². The number of anilines is 1. The van der Waals surface area contributed by atoms with Crippen molar-refractivity contribution in [1.29, 1.82) is 0 Å². The van der Waals surface area contributed by atoms with E-state index in [1.54, 1.807) is 25.3 Å². The van der Waals surface area contributed by atoms with Gasteiger partial charge in [0, 0.05) is 11.3 Å². The molecule has 0 atom stereocenters. The zero-order valence-corrected chi connectivity index (χ0v) is 17.2. The van der Waals surface area contributed by atoms with Gasteiger partial charge >= 0.3 is 0 Å². The number of quaternary nitrogens is 2. The van der Waals surface area contributed by atoms with Crippen LogP contribution in [0.1, 0.15) is 5.56 Å². The maximum atomic E-state index is 12.4. The van der Waals surface area contributed by atoms with Crippen LogP contribution in [0.4, 0.5) is 5.69 Å². The lowest BCUT2D eigenvalue weighted by molar-refractivity contribution is -1.02. The third-order valence-corrected chi connectivity index (χ3v) is 5.70. The van der Waals surface area contributed by atoms with Crippen molar-refractivity contribution < 1.29 is 28.8 Å². The summed E-state index contributed by atoms with van der Waals surface area (Å²) in [6.07, 6.45) is 0. The molecule has 8 heteroatoms. The number of fused-ring (bicyclic) bond motifs is 1. The average Bonchev–Trinajstić information content (AvgIpc) is 3.17. The third-order valence-electron chi connectivity index (χ3n) is 5.40. The fraction of sp³-hybridized carbons (Fsp3) is 0.381. The van der Waals surface area contributed by atoms with Crippen LogP contribution in [0, 0.1) is 0 Å².